The predicted octanol–water partition coefficient (Wildman–Crippen LogP) is 3.43. The number of nitrogens with zero attached hydrogens (tertiary/aromatic N) is 4. The Morgan fingerprint density at radius 2 is 1.81 bits per heavy atom. The van der Waals surface area contributed by atoms with E-state index in [0.717, 1.165) is 6.07 Å². The fourth-order valence-corrected chi connectivity index (χ4v) is 4.19. The van der Waals surface area contributed by atoms with Crippen LogP contribution in [0.5, 0.6) is 0 Å². The van der Waals surface area contributed by atoms with Crippen LogP contribution in [0.4, 0.5) is 11.4 Å². The van der Waals surface area contributed by atoms with Gasteiger partial charge >= 0.3 is 0 Å². The highest BCUT2D eigenvalue weighted by atomic mass is 32.2. The number of rotatable bonds is 7. The van der Waals surface area contributed by atoms with Crippen LogP contribution < -0.4 is 4.72 Å². The van der Waals surface area contributed by atoms with Crippen LogP contribution in [-0.4, -0.2) is 28.5 Å². The van der Waals surface area contributed by atoms with E-state index in [2.05, 4.69) is 19.8 Å². The molecule has 0 saturated heterocycles. The van der Waals surface area contributed by atoms with Gasteiger partial charge in [0.1, 0.15) is 0 Å². The zero-order valence-electron chi connectivity index (χ0n) is 15.9. The van der Waals surface area contributed by atoms with E-state index in [1.165, 1.54) is 18.2 Å². The van der Waals surface area contributed by atoms with Crippen LogP contribution in [0.25, 0.3) is 11.4 Å². The van der Waals surface area contributed by atoms with Gasteiger partial charge in [-0.25, -0.2) is 8.42 Å². The summed E-state index contributed by atoms with van der Waals surface area (Å²) < 4.78 is 33.4. The van der Waals surface area contributed by atoms with Crippen molar-refractivity contribution in [3.63, 3.8) is 0 Å². The van der Waals surface area contributed by atoms with Gasteiger partial charge in [0.05, 0.1) is 17.0 Å². The van der Waals surface area contributed by atoms with E-state index in [9.17, 15) is 18.5 Å². The first kappa shape index (κ1) is 20.2. The van der Waals surface area contributed by atoms with Gasteiger partial charge in [-0.3, -0.25) is 19.8 Å². The summed E-state index contributed by atoms with van der Waals surface area (Å²) in [5.41, 5.74) is 0.987. The molecule has 0 aliphatic rings. The summed E-state index contributed by atoms with van der Waals surface area (Å²) in [6.07, 6.45) is 3.39. The molecule has 156 valence electrons. The molecule has 11 heteroatoms. The van der Waals surface area contributed by atoms with Gasteiger partial charge in [-0.15, -0.1) is 0 Å². The topological polar surface area (TPSA) is 141 Å². The number of nitro benzene ring substituents is 1. The maximum absolute atomic E-state index is 12.8. The number of para-hydroxylation sites is 2. The number of anilines is 1. The van der Waals surface area contributed by atoms with E-state index in [1.54, 1.807) is 48.8 Å². The molecule has 4 rings (SSSR count). The normalized spacial score (nSPS) is 11.2. The van der Waals surface area contributed by atoms with Gasteiger partial charge in [0, 0.05) is 24.0 Å². The summed E-state index contributed by atoms with van der Waals surface area (Å²) in [5, 5.41) is 15.2. The molecule has 10 nitrogen and oxygen atoms in total. The van der Waals surface area contributed by atoms with Gasteiger partial charge in [0.25, 0.3) is 15.7 Å². The first-order chi connectivity index (χ1) is 14.9. The molecule has 0 saturated carbocycles. The quantitative estimate of drug-likeness (QED) is 0.342. The van der Waals surface area contributed by atoms with Crippen LogP contribution in [0.3, 0.4) is 0 Å². The standard InChI is InChI=1S/C20H15N5O5S/c26-25(27)17-9-3-4-10-18(17)31(28,29)24-16-8-2-1-6-14(16)12-19-22-20(23-30-19)15-7-5-11-21-13-15/h1-11,13,24H,12H2. The highest BCUT2D eigenvalue weighted by molar-refractivity contribution is 7.92. The summed E-state index contributed by atoms with van der Waals surface area (Å²) in [6.45, 7) is 0. The molecule has 2 aromatic heterocycles. The number of pyridine rings is 1. The van der Waals surface area contributed by atoms with Crippen LogP contribution >= 0.6 is 0 Å². The summed E-state index contributed by atoms with van der Waals surface area (Å²) in [5.74, 6) is 0.636. The zero-order chi connectivity index (χ0) is 21.8. The number of nitrogens with one attached hydrogen (secondary N) is 1. The van der Waals surface area contributed by atoms with E-state index in [0.29, 0.717) is 17.0 Å². The first-order valence-corrected chi connectivity index (χ1v) is 10.5. The molecule has 2 heterocycles. The molecule has 0 radical (unpaired) electrons. The van der Waals surface area contributed by atoms with Crippen molar-refractivity contribution in [1.29, 1.82) is 0 Å². The molecule has 31 heavy (non-hydrogen) atoms. The summed E-state index contributed by atoms with van der Waals surface area (Å²) in [6, 6.07) is 15.3. The summed E-state index contributed by atoms with van der Waals surface area (Å²) >= 11 is 0. The Balaban J connectivity index is 1.62. The predicted molar refractivity (Wildman–Crippen MR) is 111 cm³/mol. The van der Waals surface area contributed by atoms with Crippen molar-refractivity contribution in [2.24, 2.45) is 0 Å². The molecule has 0 fully saturated rings. The van der Waals surface area contributed by atoms with Crippen LogP contribution in [0.15, 0.2) is 82.5 Å². The Bertz CT molecular complexity index is 1340. The van der Waals surface area contributed by atoms with Crippen molar-refractivity contribution < 1.29 is 17.9 Å². The van der Waals surface area contributed by atoms with Gasteiger partial charge in [-0.2, -0.15) is 4.98 Å². The van der Waals surface area contributed by atoms with Gasteiger partial charge in [0.2, 0.25) is 11.7 Å². The van der Waals surface area contributed by atoms with Crippen molar-refractivity contribution in [3.05, 3.63) is 94.6 Å². The lowest BCUT2D eigenvalue weighted by molar-refractivity contribution is -0.387. The van der Waals surface area contributed by atoms with E-state index in [-0.39, 0.29) is 18.0 Å². The minimum Gasteiger partial charge on any atom is -0.339 e. The number of benzene rings is 2. The fourth-order valence-electron chi connectivity index (χ4n) is 2.91. The Labute approximate surface area is 176 Å². The Morgan fingerprint density at radius 3 is 2.58 bits per heavy atom. The highest BCUT2D eigenvalue weighted by Crippen LogP contribution is 2.27. The van der Waals surface area contributed by atoms with Crippen molar-refractivity contribution in [2.75, 3.05) is 4.72 Å². The molecule has 0 aliphatic heterocycles. The van der Waals surface area contributed by atoms with Gasteiger partial charge in [-0.1, -0.05) is 35.5 Å². The lowest BCUT2D eigenvalue weighted by Crippen LogP contribution is -2.16. The molecule has 0 bridgehead atoms. The van der Waals surface area contributed by atoms with E-state index in [4.69, 9.17) is 4.52 Å². The second kappa shape index (κ2) is 8.32. The largest absolute Gasteiger partial charge is 0.339 e. The lowest BCUT2D eigenvalue weighted by Gasteiger charge is -2.11. The first-order valence-electron chi connectivity index (χ1n) is 9.01. The van der Waals surface area contributed by atoms with Crippen LogP contribution in [-0.2, 0) is 16.4 Å². The van der Waals surface area contributed by atoms with E-state index in [1.807, 2.05) is 0 Å². The Hall–Kier alpha value is -4.12. The maximum atomic E-state index is 12.8. The van der Waals surface area contributed by atoms with Gasteiger partial charge < -0.3 is 4.52 Å². The molecule has 0 unspecified atom stereocenters. The zero-order valence-corrected chi connectivity index (χ0v) is 16.7. The number of nitro groups is 1. The molecular weight excluding hydrogens is 422 g/mol. The van der Waals surface area contributed by atoms with Crippen molar-refractivity contribution >= 4 is 21.4 Å². The van der Waals surface area contributed by atoms with E-state index >= 15 is 0 Å². The summed E-state index contributed by atoms with van der Waals surface area (Å²) in [4.78, 5) is 18.4. The molecule has 0 spiro atoms. The minimum atomic E-state index is -4.21. The third kappa shape index (κ3) is 4.41. The van der Waals surface area contributed by atoms with Crippen molar-refractivity contribution in [2.45, 2.75) is 11.3 Å². The van der Waals surface area contributed by atoms with Crippen LogP contribution in [0.2, 0.25) is 0 Å². The molecule has 4 aromatic rings. The second-order valence-electron chi connectivity index (χ2n) is 6.42. The van der Waals surface area contributed by atoms with Crippen molar-refractivity contribution in [1.82, 2.24) is 15.1 Å². The SMILES string of the molecule is O=[N+]([O-])c1ccccc1S(=O)(=O)Nc1ccccc1Cc1nc(-c2cccnc2)no1. The van der Waals surface area contributed by atoms with Gasteiger partial charge in [-0.05, 0) is 29.8 Å². The molecule has 0 aliphatic carbocycles. The third-order valence-corrected chi connectivity index (χ3v) is 5.76. The average molecular weight is 437 g/mol. The number of sulfonamides is 1. The van der Waals surface area contributed by atoms with E-state index < -0.39 is 25.5 Å². The molecule has 0 amide bonds. The van der Waals surface area contributed by atoms with Crippen molar-refractivity contribution in [3.8, 4) is 11.4 Å². The Kier molecular flexibility index (Phi) is 5.41. The second-order valence-corrected chi connectivity index (χ2v) is 8.07. The number of hydrogen-bond donors (Lipinski definition) is 1. The smallest absolute Gasteiger partial charge is 0.289 e. The summed E-state index contributed by atoms with van der Waals surface area (Å²) in [7, 11) is -4.21. The van der Waals surface area contributed by atoms with Crippen LogP contribution in [0, 0.1) is 10.1 Å². The molecule has 2 aromatic carbocycles. The number of hydrogen-bond acceptors (Lipinski definition) is 8. The third-order valence-electron chi connectivity index (χ3n) is 4.34. The Morgan fingerprint density at radius 1 is 1.03 bits per heavy atom. The number of aromatic nitrogens is 3. The van der Waals surface area contributed by atoms with Gasteiger partial charge in [0.15, 0.2) is 4.90 Å². The minimum absolute atomic E-state index is 0.156. The molecular formula is C20H15N5O5S. The maximum Gasteiger partial charge on any atom is 0.289 e. The average Bonchev–Trinajstić information content (AvgIpc) is 3.24. The van der Waals surface area contributed by atoms with Crippen LogP contribution in [0.1, 0.15) is 11.5 Å². The fraction of sp³-hybridized carbons (Fsp3) is 0.0500. The molecule has 1 N–H and O–H groups in total. The lowest BCUT2D eigenvalue weighted by atomic mass is 10.1. The molecule has 0 atom stereocenters. The monoisotopic (exact) mass is 437 g/mol. The highest BCUT2D eigenvalue weighted by Gasteiger charge is 2.26.